The summed E-state index contributed by atoms with van der Waals surface area (Å²) in [5, 5.41) is 10.2. The summed E-state index contributed by atoms with van der Waals surface area (Å²) in [6.45, 7) is 3.28. The highest BCUT2D eigenvalue weighted by atomic mass is 32.2. The first-order chi connectivity index (χ1) is 11.0. The summed E-state index contributed by atoms with van der Waals surface area (Å²) < 4.78 is 30.2. The summed E-state index contributed by atoms with van der Waals surface area (Å²) in [6, 6.07) is 6.67. The van der Waals surface area contributed by atoms with E-state index in [1.54, 1.807) is 24.3 Å². The highest BCUT2D eigenvalue weighted by Crippen LogP contribution is 2.23. The molecule has 1 heterocycles. The van der Waals surface area contributed by atoms with Crippen LogP contribution in [0.15, 0.2) is 29.2 Å². The molecule has 23 heavy (non-hydrogen) atoms. The van der Waals surface area contributed by atoms with E-state index in [4.69, 9.17) is 4.74 Å². The van der Waals surface area contributed by atoms with Gasteiger partial charge < -0.3 is 9.84 Å². The normalized spacial score (nSPS) is 21.1. The Morgan fingerprint density at radius 2 is 2.17 bits per heavy atom. The van der Waals surface area contributed by atoms with Crippen molar-refractivity contribution < 1.29 is 18.3 Å². The van der Waals surface area contributed by atoms with Gasteiger partial charge in [-0.2, -0.15) is 0 Å². The number of benzene rings is 1. The number of piperidine rings is 1. The second-order valence-corrected chi connectivity index (χ2v) is 8.18. The van der Waals surface area contributed by atoms with E-state index in [0.717, 1.165) is 25.8 Å². The lowest BCUT2D eigenvalue weighted by atomic mass is 9.96. The molecule has 130 valence electrons. The molecular weight excluding hydrogens is 314 g/mol. The van der Waals surface area contributed by atoms with Crippen molar-refractivity contribution in [1.82, 2.24) is 4.90 Å². The molecule has 0 aromatic heterocycles. The van der Waals surface area contributed by atoms with Crippen LogP contribution in [0.5, 0.6) is 5.75 Å². The largest absolute Gasteiger partial charge is 0.497 e. The van der Waals surface area contributed by atoms with Gasteiger partial charge in [0.25, 0.3) is 0 Å². The molecule has 1 N–H and O–H groups in total. The van der Waals surface area contributed by atoms with Crippen molar-refractivity contribution >= 4 is 9.84 Å². The lowest BCUT2D eigenvalue weighted by Gasteiger charge is -2.38. The van der Waals surface area contributed by atoms with Crippen LogP contribution < -0.4 is 4.74 Å². The molecule has 1 fully saturated rings. The molecule has 2 unspecified atom stereocenters. The Morgan fingerprint density at radius 3 is 2.87 bits per heavy atom. The molecule has 1 aliphatic heterocycles. The number of likely N-dealkylation sites (tertiary alicyclic amines) is 1. The summed E-state index contributed by atoms with van der Waals surface area (Å²) >= 11 is 0. The van der Waals surface area contributed by atoms with Crippen molar-refractivity contribution in [3.63, 3.8) is 0 Å². The topological polar surface area (TPSA) is 66.8 Å². The molecule has 1 aliphatic rings. The Balaban J connectivity index is 2.05. The Bertz CT molecular complexity index is 602. The molecule has 1 aromatic carbocycles. The third kappa shape index (κ3) is 4.68. The van der Waals surface area contributed by atoms with Crippen LogP contribution in [0, 0.1) is 0 Å². The fourth-order valence-electron chi connectivity index (χ4n) is 3.15. The van der Waals surface area contributed by atoms with Gasteiger partial charge in [-0.1, -0.05) is 19.4 Å². The maximum Gasteiger partial charge on any atom is 0.179 e. The number of hydrogen-bond donors (Lipinski definition) is 1. The third-order valence-electron chi connectivity index (χ3n) is 4.57. The van der Waals surface area contributed by atoms with Crippen LogP contribution in [0.25, 0.3) is 0 Å². The average molecular weight is 341 g/mol. The number of aliphatic hydroxyl groups is 1. The van der Waals surface area contributed by atoms with Gasteiger partial charge in [-0.05, 0) is 44.0 Å². The number of methoxy groups -OCH3 is 1. The van der Waals surface area contributed by atoms with Gasteiger partial charge in [0.15, 0.2) is 9.84 Å². The van der Waals surface area contributed by atoms with Crippen LogP contribution in [-0.4, -0.2) is 56.5 Å². The second-order valence-electron chi connectivity index (χ2n) is 6.07. The van der Waals surface area contributed by atoms with Gasteiger partial charge >= 0.3 is 0 Å². The molecule has 0 spiro atoms. The van der Waals surface area contributed by atoms with Crippen molar-refractivity contribution in [2.75, 3.05) is 26.0 Å². The molecule has 1 saturated heterocycles. The highest BCUT2D eigenvalue weighted by Gasteiger charge is 2.28. The summed E-state index contributed by atoms with van der Waals surface area (Å²) in [5.41, 5.74) is 0. The summed E-state index contributed by atoms with van der Waals surface area (Å²) in [6.07, 6.45) is 3.42. The van der Waals surface area contributed by atoms with Crippen LogP contribution in [0.4, 0.5) is 0 Å². The molecule has 0 saturated carbocycles. The standard InChI is InChI=1S/C17H27NO4S/c1-3-17(19)16-9-4-5-10-18(16)11-12-23(20,21)15-8-6-7-14(13-15)22-2/h6-8,13,16-17,19H,3-5,9-12H2,1-2H3. The van der Waals surface area contributed by atoms with Crippen LogP contribution in [0.1, 0.15) is 32.6 Å². The van der Waals surface area contributed by atoms with Crippen LogP contribution >= 0.6 is 0 Å². The molecule has 0 amide bonds. The zero-order valence-corrected chi connectivity index (χ0v) is 14.8. The average Bonchev–Trinajstić information content (AvgIpc) is 2.59. The summed E-state index contributed by atoms with van der Waals surface area (Å²) in [7, 11) is -1.83. The smallest absolute Gasteiger partial charge is 0.179 e. The van der Waals surface area contributed by atoms with E-state index >= 15 is 0 Å². The van der Waals surface area contributed by atoms with Crippen molar-refractivity contribution in [1.29, 1.82) is 0 Å². The fraction of sp³-hybridized carbons (Fsp3) is 0.647. The van der Waals surface area contributed by atoms with Gasteiger partial charge in [-0.25, -0.2) is 8.42 Å². The van der Waals surface area contributed by atoms with Crippen LogP contribution in [0.2, 0.25) is 0 Å². The minimum atomic E-state index is -3.35. The van der Waals surface area contributed by atoms with E-state index in [1.807, 2.05) is 6.92 Å². The molecule has 0 aliphatic carbocycles. The Kier molecular flexibility index (Phi) is 6.44. The van der Waals surface area contributed by atoms with Crippen molar-refractivity contribution in [2.24, 2.45) is 0 Å². The first kappa shape index (κ1) is 18.2. The maximum atomic E-state index is 12.5. The van der Waals surface area contributed by atoms with Gasteiger partial charge in [0.05, 0.1) is 23.9 Å². The molecule has 5 nitrogen and oxygen atoms in total. The van der Waals surface area contributed by atoms with Gasteiger partial charge in [-0.3, -0.25) is 4.90 Å². The minimum Gasteiger partial charge on any atom is -0.497 e. The Labute approximate surface area is 139 Å². The predicted molar refractivity (Wildman–Crippen MR) is 90.6 cm³/mol. The van der Waals surface area contributed by atoms with E-state index in [0.29, 0.717) is 23.6 Å². The van der Waals surface area contributed by atoms with Crippen molar-refractivity contribution in [3.05, 3.63) is 24.3 Å². The van der Waals surface area contributed by atoms with E-state index in [1.165, 1.54) is 7.11 Å². The summed E-state index contributed by atoms with van der Waals surface area (Å²) in [4.78, 5) is 2.43. The monoisotopic (exact) mass is 341 g/mol. The van der Waals surface area contributed by atoms with Crippen molar-refractivity contribution in [2.45, 2.75) is 49.6 Å². The minimum absolute atomic E-state index is 0.0626. The summed E-state index contributed by atoms with van der Waals surface area (Å²) in [5.74, 6) is 0.607. The molecule has 0 bridgehead atoms. The first-order valence-corrected chi connectivity index (χ1v) is 9.92. The highest BCUT2D eigenvalue weighted by molar-refractivity contribution is 7.91. The van der Waals surface area contributed by atoms with Gasteiger partial charge in [0.2, 0.25) is 0 Å². The number of hydrogen-bond acceptors (Lipinski definition) is 5. The molecular formula is C17H27NO4S. The predicted octanol–water partition coefficient (Wildman–Crippen LogP) is 2.09. The van der Waals surface area contributed by atoms with E-state index < -0.39 is 9.84 Å². The van der Waals surface area contributed by atoms with Gasteiger partial charge in [0.1, 0.15) is 5.75 Å². The lowest BCUT2D eigenvalue weighted by Crippen LogP contribution is -2.48. The number of rotatable bonds is 7. The number of nitrogens with zero attached hydrogens (tertiary/aromatic N) is 1. The zero-order valence-electron chi connectivity index (χ0n) is 13.9. The maximum absolute atomic E-state index is 12.5. The van der Waals surface area contributed by atoms with Gasteiger partial charge in [0, 0.05) is 12.6 Å². The number of ether oxygens (including phenoxy) is 1. The lowest BCUT2D eigenvalue weighted by molar-refractivity contribution is 0.0275. The van der Waals surface area contributed by atoms with Gasteiger partial charge in [-0.15, -0.1) is 0 Å². The van der Waals surface area contributed by atoms with E-state index in [-0.39, 0.29) is 17.9 Å². The molecule has 1 aromatic rings. The van der Waals surface area contributed by atoms with Crippen molar-refractivity contribution in [3.8, 4) is 5.75 Å². The van der Waals surface area contributed by atoms with Crippen LogP contribution in [0.3, 0.4) is 0 Å². The second kappa shape index (κ2) is 8.13. The third-order valence-corrected chi connectivity index (χ3v) is 6.27. The fourth-order valence-corrected chi connectivity index (χ4v) is 4.44. The molecule has 2 atom stereocenters. The van der Waals surface area contributed by atoms with E-state index in [9.17, 15) is 13.5 Å². The molecule has 0 radical (unpaired) electrons. The Hall–Kier alpha value is -1.11. The quantitative estimate of drug-likeness (QED) is 0.823. The van der Waals surface area contributed by atoms with Crippen LogP contribution in [-0.2, 0) is 9.84 Å². The van der Waals surface area contributed by atoms with E-state index in [2.05, 4.69) is 4.90 Å². The zero-order chi connectivity index (χ0) is 16.9. The Morgan fingerprint density at radius 1 is 1.39 bits per heavy atom. The molecule has 6 heteroatoms. The molecule has 2 rings (SSSR count). The SMILES string of the molecule is CCC(O)C1CCCCN1CCS(=O)(=O)c1cccc(OC)c1. The first-order valence-electron chi connectivity index (χ1n) is 8.27. The number of sulfone groups is 1. The number of aliphatic hydroxyl groups excluding tert-OH is 1.